The van der Waals surface area contributed by atoms with Gasteiger partial charge in [0.2, 0.25) is 26.0 Å². The second kappa shape index (κ2) is 8.93. The molecule has 2 aromatic rings. The lowest BCUT2D eigenvalue weighted by Gasteiger charge is -2.23. The number of rotatable bonds is 6. The molecule has 0 bridgehead atoms. The number of benzene rings is 2. The van der Waals surface area contributed by atoms with Gasteiger partial charge in [0.1, 0.15) is 6.04 Å². The third kappa shape index (κ3) is 4.45. The second-order valence-corrected chi connectivity index (χ2v) is 12.0. The van der Waals surface area contributed by atoms with E-state index in [0.29, 0.717) is 31.6 Å². The average Bonchev–Trinajstić information content (AvgIpc) is 3.47. The maximum Gasteiger partial charge on any atom is 0.243 e. The van der Waals surface area contributed by atoms with Crippen molar-refractivity contribution in [1.29, 1.82) is 0 Å². The first kappa shape index (κ1) is 22.9. The van der Waals surface area contributed by atoms with Gasteiger partial charge in [-0.2, -0.15) is 8.61 Å². The van der Waals surface area contributed by atoms with Crippen LogP contribution >= 0.6 is 0 Å². The van der Waals surface area contributed by atoms with E-state index < -0.39 is 32.0 Å². The van der Waals surface area contributed by atoms with Gasteiger partial charge in [-0.25, -0.2) is 16.8 Å². The number of carbonyl (C=O) groups excluding carboxylic acids is 1. The molecule has 4 rings (SSSR count). The maximum atomic E-state index is 13.1. The average molecular weight is 478 g/mol. The fourth-order valence-corrected chi connectivity index (χ4v) is 7.32. The summed E-state index contributed by atoms with van der Waals surface area (Å²) in [6.45, 7) is 3.20. The van der Waals surface area contributed by atoms with Gasteiger partial charge < -0.3 is 5.32 Å². The minimum absolute atomic E-state index is 0.166. The van der Waals surface area contributed by atoms with Gasteiger partial charge in [-0.1, -0.05) is 17.7 Å². The zero-order chi connectivity index (χ0) is 22.9. The Kier molecular flexibility index (Phi) is 6.39. The number of nitrogens with zero attached hydrogens (tertiary/aromatic N) is 2. The molecule has 1 atom stereocenters. The number of nitrogens with one attached hydrogen (secondary N) is 1. The molecule has 1 N–H and O–H groups in total. The van der Waals surface area contributed by atoms with E-state index in [1.165, 1.54) is 32.9 Å². The molecule has 0 spiro atoms. The van der Waals surface area contributed by atoms with Gasteiger partial charge >= 0.3 is 0 Å². The summed E-state index contributed by atoms with van der Waals surface area (Å²) >= 11 is 0. The molecule has 2 aromatic carbocycles. The lowest BCUT2D eigenvalue weighted by Crippen LogP contribution is -2.43. The van der Waals surface area contributed by atoms with Crippen molar-refractivity contribution in [3.05, 3.63) is 54.1 Å². The molecule has 2 saturated heterocycles. The van der Waals surface area contributed by atoms with E-state index in [4.69, 9.17) is 0 Å². The number of amides is 1. The number of carbonyl (C=O) groups is 1. The van der Waals surface area contributed by atoms with Crippen LogP contribution < -0.4 is 5.32 Å². The molecule has 2 aliphatic rings. The highest BCUT2D eigenvalue weighted by molar-refractivity contribution is 7.89. The largest absolute Gasteiger partial charge is 0.325 e. The Bertz CT molecular complexity index is 1190. The molecular formula is C22H27N3O5S2. The van der Waals surface area contributed by atoms with E-state index in [9.17, 15) is 21.6 Å². The van der Waals surface area contributed by atoms with E-state index in [1.54, 1.807) is 24.3 Å². The Labute approximate surface area is 189 Å². The Hall–Kier alpha value is -2.27. The van der Waals surface area contributed by atoms with Gasteiger partial charge in [0.05, 0.1) is 9.79 Å². The normalized spacial score (nSPS) is 20.5. The van der Waals surface area contributed by atoms with Gasteiger partial charge in [-0.3, -0.25) is 4.79 Å². The number of sulfonamides is 2. The molecule has 0 aliphatic carbocycles. The number of hydrogen-bond donors (Lipinski definition) is 1. The van der Waals surface area contributed by atoms with Crippen molar-refractivity contribution < 1.29 is 21.6 Å². The molecule has 2 heterocycles. The summed E-state index contributed by atoms with van der Waals surface area (Å²) in [5.41, 5.74) is 1.38. The van der Waals surface area contributed by atoms with Crippen molar-refractivity contribution >= 4 is 31.6 Å². The van der Waals surface area contributed by atoms with Crippen LogP contribution in [-0.4, -0.2) is 57.0 Å². The number of aryl methyl sites for hydroxylation is 1. The van der Waals surface area contributed by atoms with Crippen molar-refractivity contribution in [2.24, 2.45) is 0 Å². The SMILES string of the molecule is Cc1ccc(S(=O)(=O)N2CCC[C@H]2C(=O)Nc2ccc(S(=O)(=O)N3CCCC3)cc2)cc1. The summed E-state index contributed by atoms with van der Waals surface area (Å²) in [6.07, 6.45) is 2.74. The molecule has 0 unspecified atom stereocenters. The van der Waals surface area contributed by atoms with Crippen LogP contribution in [0.2, 0.25) is 0 Å². The van der Waals surface area contributed by atoms with Crippen molar-refractivity contribution in [3.8, 4) is 0 Å². The highest BCUT2D eigenvalue weighted by Crippen LogP contribution is 2.28. The highest BCUT2D eigenvalue weighted by Gasteiger charge is 2.39. The smallest absolute Gasteiger partial charge is 0.243 e. The van der Waals surface area contributed by atoms with Gasteiger partial charge in [0, 0.05) is 25.3 Å². The van der Waals surface area contributed by atoms with Gasteiger partial charge in [0.25, 0.3) is 0 Å². The highest BCUT2D eigenvalue weighted by atomic mass is 32.2. The van der Waals surface area contributed by atoms with Gasteiger partial charge in [-0.05, 0) is 69.0 Å². The summed E-state index contributed by atoms with van der Waals surface area (Å²) in [7, 11) is -7.32. The lowest BCUT2D eigenvalue weighted by molar-refractivity contribution is -0.119. The molecule has 0 aromatic heterocycles. The molecule has 0 saturated carbocycles. The third-order valence-corrected chi connectivity index (χ3v) is 9.79. The Balaban J connectivity index is 1.48. The fourth-order valence-electron chi connectivity index (χ4n) is 4.15. The fraction of sp³-hybridized carbons (Fsp3) is 0.409. The quantitative estimate of drug-likeness (QED) is 0.689. The summed E-state index contributed by atoms with van der Waals surface area (Å²) in [5.74, 6) is -0.423. The second-order valence-electron chi connectivity index (χ2n) is 8.21. The molecular weight excluding hydrogens is 450 g/mol. The first-order valence-corrected chi connectivity index (χ1v) is 13.6. The topological polar surface area (TPSA) is 104 Å². The standard InChI is InChI=1S/C22H27N3O5S2/c1-17-6-10-20(11-7-17)32(29,30)25-16-4-5-21(25)22(26)23-18-8-12-19(13-9-18)31(27,28)24-14-2-3-15-24/h6-13,21H,2-5,14-16H2,1H3,(H,23,26)/t21-/m0/s1. The van der Waals surface area contributed by atoms with E-state index >= 15 is 0 Å². The molecule has 2 fully saturated rings. The molecule has 1 amide bonds. The predicted molar refractivity (Wildman–Crippen MR) is 121 cm³/mol. The molecule has 2 aliphatic heterocycles. The minimum atomic E-state index is -3.79. The van der Waals surface area contributed by atoms with Crippen molar-refractivity contribution in [3.63, 3.8) is 0 Å². The Morgan fingerprint density at radius 3 is 2.00 bits per heavy atom. The molecule has 172 valence electrons. The van der Waals surface area contributed by atoms with Crippen molar-refractivity contribution in [2.45, 2.75) is 48.4 Å². The van der Waals surface area contributed by atoms with Crippen LogP contribution in [0.25, 0.3) is 0 Å². The van der Waals surface area contributed by atoms with Crippen LogP contribution in [-0.2, 0) is 24.8 Å². The van der Waals surface area contributed by atoms with Crippen LogP contribution in [0.5, 0.6) is 0 Å². The van der Waals surface area contributed by atoms with Crippen LogP contribution in [0, 0.1) is 6.92 Å². The summed E-state index contributed by atoms with van der Waals surface area (Å²) in [6, 6.07) is 11.8. The van der Waals surface area contributed by atoms with Crippen molar-refractivity contribution in [1.82, 2.24) is 8.61 Å². The molecule has 32 heavy (non-hydrogen) atoms. The molecule has 8 nitrogen and oxygen atoms in total. The van der Waals surface area contributed by atoms with Crippen LogP contribution in [0.1, 0.15) is 31.2 Å². The third-order valence-electron chi connectivity index (χ3n) is 5.96. The maximum absolute atomic E-state index is 13.1. The number of anilines is 1. The monoisotopic (exact) mass is 477 g/mol. The zero-order valence-electron chi connectivity index (χ0n) is 17.9. The van der Waals surface area contributed by atoms with Crippen LogP contribution in [0.3, 0.4) is 0 Å². The molecule has 0 radical (unpaired) electrons. The number of hydrogen-bond acceptors (Lipinski definition) is 5. The molecule has 10 heteroatoms. The summed E-state index contributed by atoms with van der Waals surface area (Å²) < 4.78 is 54.2. The van der Waals surface area contributed by atoms with Crippen LogP contribution in [0.15, 0.2) is 58.3 Å². The van der Waals surface area contributed by atoms with Crippen molar-refractivity contribution in [2.75, 3.05) is 25.0 Å². The van der Waals surface area contributed by atoms with Crippen LogP contribution in [0.4, 0.5) is 5.69 Å². The summed E-state index contributed by atoms with van der Waals surface area (Å²) in [5, 5.41) is 2.74. The first-order chi connectivity index (χ1) is 15.2. The minimum Gasteiger partial charge on any atom is -0.325 e. The predicted octanol–water partition coefficient (Wildman–Crippen LogP) is 2.57. The van der Waals surface area contributed by atoms with Gasteiger partial charge in [-0.15, -0.1) is 0 Å². The Morgan fingerprint density at radius 1 is 0.812 bits per heavy atom. The Morgan fingerprint density at radius 2 is 1.38 bits per heavy atom. The van der Waals surface area contributed by atoms with E-state index in [-0.39, 0.29) is 16.3 Å². The van der Waals surface area contributed by atoms with Gasteiger partial charge in [0.15, 0.2) is 0 Å². The lowest BCUT2D eigenvalue weighted by atomic mass is 10.2. The van der Waals surface area contributed by atoms with E-state index in [1.807, 2.05) is 6.92 Å². The first-order valence-electron chi connectivity index (χ1n) is 10.7. The van der Waals surface area contributed by atoms with E-state index in [0.717, 1.165) is 18.4 Å². The summed E-state index contributed by atoms with van der Waals surface area (Å²) in [4.78, 5) is 13.3. The van der Waals surface area contributed by atoms with E-state index in [2.05, 4.69) is 5.32 Å². The zero-order valence-corrected chi connectivity index (χ0v) is 19.5.